The normalized spacial score (nSPS) is 21.2. The molecular weight excluding hydrogens is 486 g/mol. The van der Waals surface area contributed by atoms with E-state index in [2.05, 4.69) is 26.6 Å². The lowest BCUT2D eigenvalue weighted by Crippen LogP contribution is -2.57. The second-order valence-corrected chi connectivity index (χ2v) is 9.96. The highest BCUT2D eigenvalue weighted by atomic mass is 79.9. The molecule has 2 aromatic rings. The third-order valence-corrected chi connectivity index (χ3v) is 6.96. The van der Waals surface area contributed by atoms with Crippen molar-refractivity contribution in [2.75, 3.05) is 43.2 Å². The molecule has 0 spiro atoms. The van der Waals surface area contributed by atoms with Crippen LogP contribution in [0.2, 0.25) is 0 Å². The van der Waals surface area contributed by atoms with E-state index in [0.717, 1.165) is 15.0 Å². The molecule has 31 heavy (non-hydrogen) atoms. The van der Waals surface area contributed by atoms with Gasteiger partial charge in [-0.15, -0.1) is 11.3 Å². The van der Waals surface area contributed by atoms with Crippen molar-refractivity contribution in [2.45, 2.75) is 18.9 Å². The molecule has 0 aliphatic carbocycles. The number of hydrogen-bond acceptors (Lipinski definition) is 6. The average Bonchev–Trinajstić information content (AvgIpc) is 3.39. The second kappa shape index (κ2) is 9.07. The van der Waals surface area contributed by atoms with Crippen molar-refractivity contribution >= 4 is 56.4 Å². The van der Waals surface area contributed by atoms with Crippen LogP contribution in [-0.4, -0.2) is 56.2 Å². The lowest BCUT2D eigenvalue weighted by atomic mass is 9.96. The molecule has 3 amide bonds. The van der Waals surface area contributed by atoms with Crippen LogP contribution in [-0.2, 0) is 19.1 Å². The van der Waals surface area contributed by atoms with Gasteiger partial charge in [-0.25, -0.2) is 0 Å². The molecule has 0 saturated carbocycles. The Labute approximate surface area is 192 Å². The minimum Gasteiger partial charge on any atom is -0.378 e. The fourth-order valence-electron chi connectivity index (χ4n) is 3.67. The van der Waals surface area contributed by atoms with Gasteiger partial charge in [0.25, 0.3) is 17.7 Å². The Hall–Kier alpha value is -2.27. The van der Waals surface area contributed by atoms with Crippen molar-refractivity contribution in [1.29, 1.82) is 0 Å². The van der Waals surface area contributed by atoms with E-state index in [1.54, 1.807) is 23.1 Å². The van der Waals surface area contributed by atoms with E-state index >= 15 is 0 Å². The number of benzene rings is 1. The molecule has 2 saturated heterocycles. The molecule has 1 unspecified atom stereocenters. The molecular formula is C21H22BrN3O5S. The standard InChI is InChI=1S/C21H22BrN3O5S/c1-13-10-14(2-3-15(13)25-7-9-29-11-18(25)26)23-20(28)21(6-8-30-12-21)24-19(27)16-4-5-17(22)31-16/h2-5,10H,6-9,11-12H2,1H3,(H,23,28)(H,24,27). The summed E-state index contributed by atoms with van der Waals surface area (Å²) in [6.45, 7) is 3.44. The molecule has 0 radical (unpaired) electrons. The van der Waals surface area contributed by atoms with Crippen molar-refractivity contribution < 1.29 is 23.9 Å². The van der Waals surface area contributed by atoms with Gasteiger partial charge in [-0.2, -0.15) is 0 Å². The number of nitrogens with zero attached hydrogens (tertiary/aromatic N) is 1. The van der Waals surface area contributed by atoms with Crippen molar-refractivity contribution in [3.05, 3.63) is 44.6 Å². The molecule has 2 N–H and O–H groups in total. The average molecular weight is 508 g/mol. The number of morpholine rings is 1. The van der Waals surface area contributed by atoms with Crippen molar-refractivity contribution in [2.24, 2.45) is 0 Å². The van der Waals surface area contributed by atoms with Crippen molar-refractivity contribution in [1.82, 2.24) is 5.32 Å². The number of thiophene rings is 1. The number of carbonyl (C=O) groups excluding carboxylic acids is 3. The Morgan fingerprint density at radius 3 is 2.68 bits per heavy atom. The number of anilines is 2. The highest BCUT2D eigenvalue weighted by molar-refractivity contribution is 9.11. The van der Waals surface area contributed by atoms with Crippen LogP contribution in [0.1, 0.15) is 21.7 Å². The zero-order valence-electron chi connectivity index (χ0n) is 16.9. The summed E-state index contributed by atoms with van der Waals surface area (Å²) in [4.78, 5) is 40.2. The highest BCUT2D eigenvalue weighted by Crippen LogP contribution is 2.28. The molecule has 0 bridgehead atoms. The van der Waals surface area contributed by atoms with Gasteiger partial charge in [0, 0.05) is 30.9 Å². The first-order valence-corrected chi connectivity index (χ1v) is 11.4. The molecule has 1 atom stereocenters. The summed E-state index contributed by atoms with van der Waals surface area (Å²) in [6.07, 6.45) is 0.385. The lowest BCUT2D eigenvalue weighted by molar-refractivity contribution is -0.125. The summed E-state index contributed by atoms with van der Waals surface area (Å²) in [5.74, 6) is -0.728. The van der Waals surface area contributed by atoms with E-state index in [0.29, 0.717) is 36.7 Å². The topological polar surface area (TPSA) is 97.0 Å². The molecule has 2 aliphatic rings. The lowest BCUT2D eigenvalue weighted by Gasteiger charge is -2.29. The smallest absolute Gasteiger partial charge is 0.262 e. The number of rotatable bonds is 5. The fourth-order valence-corrected chi connectivity index (χ4v) is 4.96. The summed E-state index contributed by atoms with van der Waals surface area (Å²) >= 11 is 4.65. The first-order valence-electron chi connectivity index (χ1n) is 9.84. The Balaban J connectivity index is 1.49. The van der Waals surface area contributed by atoms with Gasteiger partial charge in [0.2, 0.25) is 0 Å². The molecule has 164 valence electrons. The first-order chi connectivity index (χ1) is 14.9. The largest absolute Gasteiger partial charge is 0.378 e. The van der Waals surface area contributed by atoms with Crippen LogP contribution < -0.4 is 15.5 Å². The molecule has 2 aliphatic heterocycles. The summed E-state index contributed by atoms with van der Waals surface area (Å²) in [5, 5.41) is 5.77. The van der Waals surface area contributed by atoms with E-state index in [1.807, 2.05) is 19.1 Å². The Kier molecular flexibility index (Phi) is 6.42. The van der Waals surface area contributed by atoms with Crippen molar-refractivity contribution in [3.8, 4) is 0 Å². The Morgan fingerprint density at radius 2 is 2.03 bits per heavy atom. The molecule has 1 aromatic heterocycles. The third-order valence-electron chi connectivity index (χ3n) is 5.34. The van der Waals surface area contributed by atoms with Crippen LogP contribution in [0.5, 0.6) is 0 Å². The number of ether oxygens (including phenoxy) is 2. The van der Waals surface area contributed by atoms with Gasteiger partial charge < -0.3 is 25.0 Å². The maximum Gasteiger partial charge on any atom is 0.262 e. The third kappa shape index (κ3) is 4.67. The molecule has 2 fully saturated rings. The van der Waals surface area contributed by atoms with E-state index < -0.39 is 5.54 Å². The molecule has 3 heterocycles. The van der Waals surface area contributed by atoms with Gasteiger partial charge in [0.1, 0.15) is 12.1 Å². The van der Waals surface area contributed by atoms with Gasteiger partial charge >= 0.3 is 0 Å². The van der Waals surface area contributed by atoms with Crippen molar-refractivity contribution in [3.63, 3.8) is 0 Å². The van der Waals surface area contributed by atoms with Gasteiger partial charge in [0.05, 0.1) is 21.9 Å². The molecule has 1 aromatic carbocycles. The number of carbonyl (C=O) groups is 3. The fraction of sp³-hybridized carbons (Fsp3) is 0.381. The van der Waals surface area contributed by atoms with Crippen LogP contribution in [0.4, 0.5) is 11.4 Å². The highest BCUT2D eigenvalue weighted by Gasteiger charge is 2.44. The summed E-state index contributed by atoms with van der Waals surface area (Å²) in [6, 6.07) is 8.89. The molecule has 8 nitrogen and oxygen atoms in total. The second-order valence-electron chi connectivity index (χ2n) is 7.50. The van der Waals surface area contributed by atoms with Gasteiger partial charge in [-0.05, 0) is 58.7 Å². The van der Waals surface area contributed by atoms with Crippen LogP contribution >= 0.6 is 27.3 Å². The maximum atomic E-state index is 13.2. The van der Waals surface area contributed by atoms with Crippen LogP contribution in [0, 0.1) is 6.92 Å². The van der Waals surface area contributed by atoms with E-state index in [-0.39, 0.29) is 30.9 Å². The van der Waals surface area contributed by atoms with Gasteiger partial charge in [0.15, 0.2) is 0 Å². The number of hydrogen-bond donors (Lipinski definition) is 2. The van der Waals surface area contributed by atoms with E-state index in [1.165, 1.54) is 11.3 Å². The minimum atomic E-state index is -1.14. The Morgan fingerprint density at radius 1 is 1.19 bits per heavy atom. The number of amides is 3. The van der Waals surface area contributed by atoms with Gasteiger partial charge in [-0.3, -0.25) is 14.4 Å². The van der Waals surface area contributed by atoms with Crippen LogP contribution in [0.25, 0.3) is 0 Å². The minimum absolute atomic E-state index is 0.0704. The zero-order chi connectivity index (χ0) is 22.0. The summed E-state index contributed by atoms with van der Waals surface area (Å²) in [7, 11) is 0. The van der Waals surface area contributed by atoms with Gasteiger partial charge in [-0.1, -0.05) is 0 Å². The monoisotopic (exact) mass is 507 g/mol. The number of nitrogens with one attached hydrogen (secondary N) is 2. The quantitative estimate of drug-likeness (QED) is 0.648. The predicted octanol–water partition coefficient (Wildman–Crippen LogP) is 2.71. The predicted molar refractivity (Wildman–Crippen MR) is 121 cm³/mol. The SMILES string of the molecule is Cc1cc(NC(=O)C2(NC(=O)c3ccc(Br)s3)CCOC2)ccc1N1CCOCC1=O. The van der Waals surface area contributed by atoms with Crippen LogP contribution in [0.3, 0.4) is 0 Å². The number of aryl methyl sites for hydroxylation is 1. The van der Waals surface area contributed by atoms with Crippen LogP contribution in [0.15, 0.2) is 34.1 Å². The summed E-state index contributed by atoms with van der Waals surface area (Å²) in [5.41, 5.74) is 1.10. The Bertz CT molecular complexity index is 1020. The first kappa shape index (κ1) is 21.9. The molecule has 10 heteroatoms. The molecule has 4 rings (SSSR count). The summed E-state index contributed by atoms with van der Waals surface area (Å²) < 4.78 is 11.5. The maximum absolute atomic E-state index is 13.2. The van der Waals surface area contributed by atoms with E-state index in [4.69, 9.17) is 9.47 Å². The zero-order valence-corrected chi connectivity index (χ0v) is 19.3. The number of halogens is 1. The van der Waals surface area contributed by atoms with E-state index in [9.17, 15) is 14.4 Å².